The Morgan fingerprint density at radius 2 is 2.03 bits per heavy atom. The summed E-state index contributed by atoms with van der Waals surface area (Å²) in [5.74, 6) is 5.43. The van der Waals surface area contributed by atoms with Gasteiger partial charge in [-0.05, 0) is 75.2 Å². The van der Waals surface area contributed by atoms with Crippen LogP contribution in [-0.4, -0.2) is 23.8 Å². The van der Waals surface area contributed by atoms with Crippen molar-refractivity contribution in [2.75, 3.05) is 0 Å². The first-order valence-corrected chi connectivity index (χ1v) is 10.9. The Hall–Kier alpha value is -1.70. The number of alkyl halides is 2. The van der Waals surface area contributed by atoms with Crippen molar-refractivity contribution in [2.24, 2.45) is 35.0 Å². The van der Waals surface area contributed by atoms with Crippen molar-refractivity contribution in [3.63, 3.8) is 0 Å². The summed E-state index contributed by atoms with van der Waals surface area (Å²) in [5.41, 5.74) is -0.459. The summed E-state index contributed by atoms with van der Waals surface area (Å²) in [7, 11) is 0. The predicted octanol–water partition coefficient (Wildman–Crippen LogP) is 4.94. The second-order valence-corrected chi connectivity index (χ2v) is 9.67. The Morgan fingerprint density at radius 1 is 1.28 bits per heavy atom. The summed E-state index contributed by atoms with van der Waals surface area (Å²) < 4.78 is 34.7. The highest BCUT2D eigenvalue weighted by atomic mass is 19.3. The second-order valence-electron chi connectivity index (χ2n) is 9.67. The van der Waals surface area contributed by atoms with Gasteiger partial charge >= 0.3 is 5.97 Å². The summed E-state index contributed by atoms with van der Waals surface area (Å²) >= 11 is 0. The number of hydrogen-bond donors (Lipinski definition) is 0. The van der Waals surface area contributed by atoms with Crippen molar-refractivity contribution in [3.05, 3.63) is 11.6 Å². The van der Waals surface area contributed by atoms with E-state index in [1.54, 1.807) is 13.0 Å². The van der Waals surface area contributed by atoms with Gasteiger partial charge in [0.1, 0.15) is 0 Å². The molecule has 3 saturated carbocycles. The highest BCUT2D eigenvalue weighted by Gasteiger charge is 2.67. The van der Waals surface area contributed by atoms with Crippen LogP contribution in [0.4, 0.5) is 8.78 Å². The quantitative estimate of drug-likeness (QED) is 0.483. The zero-order valence-corrected chi connectivity index (χ0v) is 17.5. The van der Waals surface area contributed by atoms with Crippen LogP contribution in [0.1, 0.15) is 65.7 Å². The number of esters is 1. The van der Waals surface area contributed by atoms with Gasteiger partial charge in [0.15, 0.2) is 11.4 Å². The maximum absolute atomic E-state index is 14.4. The van der Waals surface area contributed by atoms with E-state index in [0.717, 1.165) is 24.8 Å². The molecule has 0 saturated heterocycles. The minimum Gasteiger partial charge on any atom is -0.445 e. The largest absolute Gasteiger partial charge is 0.445 e. The van der Waals surface area contributed by atoms with Crippen molar-refractivity contribution < 1.29 is 23.1 Å². The van der Waals surface area contributed by atoms with E-state index in [4.69, 9.17) is 4.74 Å². The van der Waals surface area contributed by atoms with Gasteiger partial charge in [0.25, 0.3) is 0 Å². The van der Waals surface area contributed by atoms with E-state index < -0.39 is 29.3 Å². The number of hydrogen-bond acceptors (Lipinski definition) is 3. The number of carbonyl (C=O) groups is 2. The van der Waals surface area contributed by atoms with Gasteiger partial charge in [0.2, 0.25) is 6.43 Å². The zero-order chi connectivity index (χ0) is 21.0. The fourth-order valence-corrected chi connectivity index (χ4v) is 7.47. The molecule has 0 spiro atoms. The van der Waals surface area contributed by atoms with Crippen LogP contribution < -0.4 is 0 Å². The molecule has 158 valence electrons. The summed E-state index contributed by atoms with van der Waals surface area (Å²) in [6.07, 6.45) is 3.90. The minimum absolute atomic E-state index is 0.0935. The molecule has 0 aromatic heterocycles. The molecule has 4 rings (SSSR count). The SMILES string of the molecule is CC#C[C@@]1(OC(C)=O)CC[C@H]2[C@@H]3CCC4=CC(=O)CC[C@@H]4[C@H]3[C@@H](C(F)F)C[C@@]21C. The third-order valence-corrected chi connectivity index (χ3v) is 8.44. The third kappa shape index (κ3) is 3.05. The van der Waals surface area contributed by atoms with Gasteiger partial charge in [0.05, 0.1) is 0 Å². The second kappa shape index (κ2) is 7.22. The van der Waals surface area contributed by atoms with Crippen molar-refractivity contribution in [3.8, 4) is 11.8 Å². The number of fused-ring (bicyclic) bond motifs is 5. The van der Waals surface area contributed by atoms with Crippen LogP contribution >= 0.6 is 0 Å². The van der Waals surface area contributed by atoms with Crippen LogP contribution in [0.2, 0.25) is 0 Å². The Kier molecular flexibility index (Phi) is 5.12. The van der Waals surface area contributed by atoms with Gasteiger partial charge in [-0.15, -0.1) is 5.92 Å². The van der Waals surface area contributed by atoms with E-state index in [2.05, 4.69) is 11.8 Å². The highest BCUT2D eigenvalue weighted by molar-refractivity contribution is 5.91. The smallest absolute Gasteiger partial charge is 0.304 e. The molecule has 29 heavy (non-hydrogen) atoms. The maximum atomic E-state index is 14.4. The first kappa shape index (κ1) is 20.6. The standard InChI is InChI=1S/C24H30F2O3/c1-4-10-24(29-14(2)27)11-9-20-18-7-5-15-12-16(28)6-8-17(15)21(18)19(22(25)26)13-23(20,24)3/h12,17-22H,5-9,11,13H2,1-3H3/t17-,18-,19-,20-,21+,23-,24+/m0/s1. The molecular weight excluding hydrogens is 374 g/mol. The molecule has 0 aliphatic heterocycles. The lowest BCUT2D eigenvalue weighted by Crippen LogP contribution is -2.57. The monoisotopic (exact) mass is 404 g/mol. The summed E-state index contributed by atoms with van der Waals surface area (Å²) in [6, 6.07) is 0. The molecule has 5 heteroatoms. The third-order valence-electron chi connectivity index (χ3n) is 8.44. The van der Waals surface area contributed by atoms with Gasteiger partial charge in [-0.3, -0.25) is 9.59 Å². The summed E-state index contributed by atoms with van der Waals surface area (Å²) in [6.45, 7) is 5.12. The summed E-state index contributed by atoms with van der Waals surface area (Å²) in [4.78, 5) is 23.8. The van der Waals surface area contributed by atoms with E-state index in [-0.39, 0.29) is 29.5 Å². The van der Waals surface area contributed by atoms with E-state index >= 15 is 0 Å². The van der Waals surface area contributed by atoms with Crippen molar-refractivity contribution >= 4 is 11.8 Å². The summed E-state index contributed by atoms with van der Waals surface area (Å²) in [5, 5.41) is 0. The Balaban J connectivity index is 1.77. The van der Waals surface area contributed by atoms with Crippen LogP contribution in [0, 0.1) is 46.8 Å². The molecule has 0 aromatic rings. The lowest BCUT2D eigenvalue weighted by molar-refractivity contribution is -0.178. The molecule has 4 aliphatic carbocycles. The Bertz CT molecular complexity index is 807. The molecule has 0 aromatic carbocycles. The lowest BCUT2D eigenvalue weighted by Gasteiger charge is -2.58. The molecule has 3 nitrogen and oxygen atoms in total. The van der Waals surface area contributed by atoms with Gasteiger partial charge < -0.3 is 4.74 Å². The number of halogens is 2. The molecule has 7 atom stereocenters. The highest BCUT2D eigenvalue weighted by Crippen LogP contribution is 2.67. The predicted molar refractivity (Wildman–Crippen MR) is 105 cm³/mol. The molecule has 0 bridgehead atoms. The number of carbonyl (C=O) groups excluding carboxylic acids is 2. The molecule has 0 N–H and O–H groups in total. The maximum Gasteiger partial charge on any atom is 0.304 e. The number of allylic oxidation sites excluding steroid dienone is 1. The van der Waals surface area contributed by atoms with Crippen molar-refractivity contribution in [2.45, 2.75) is 77.7 Å². The van der Waals surface area contributed by atoms with E-state index in [0.29, 0.717) is 25.7 Å². The van der Waals surface area contributed by atoms with Crippen LogP contribution in [0.25, 0.3) is 0 Å². The fourth-order valence-electron chi connectivity index (χ4n) is 7.47. The number of ketones is 1. The average molecular weight is 404 g/mol. The Morgan fingerprint density at radius 3 is 2.69 bits per heavy atom. The molecule has 0 unspecified atom stereocenters. The molecule has 3 fully saturated rings. The fraction of sp³-hybridized carbons (Fsp3) is 0.750. The van der Waals surface area contributed by atoms with E-state index in [1.165, 1.54) is 6.92 Å². The topological polar surface area (TPSA) is 43.4 Å². The first-order chi connectivity index (χ1) is 13.7. The van der Waals surface area contributed by atoms with Crippen LogP contribution in [0.3, 0.4) is 0 Å². The molecule has 4 aliphatic rings. The molecule has 0 heterocycles. The van der Waals surface area contributed by atoms with Crippen LogP contribution in [0.5, 0.6) is 0 Å². The van der Waals surface area contributed by atoms with Crippen molar-refractivity contribution in [1.29, 1.82) is 0 Å². The molecular formula is C24H30F2O3. The van der Waals surface area contributed by atoms with Gasteiger partial charge in [-0.1, -0.05) is 18.4 Å². The number of ether oxygens (including phenoxy) is 1. The normalized spacial score (nSPS) is 43.4. The van der Waals surface area contributed by atoms with Gasteiger partial charge in [-0.25, -0.2) is 8.78 Å². The van der Waals surface area contributed by atoms with Crippen LogP contribution in [-0.2, 0) is 14.3 Å². The lowest BCUT2D eigenvalue weighted by atomic mass is 9.47. The minimum atomic E-state index is -2.43. The molecule has 0 radical (unpaired) electrons. The van der Waals surface area contributed by atoms with Gasteiger partial charge in [0, 0.05) is 24.7 Å². The Labute approximate surface area is 171 Å². The average Bonchev–Trinajstić information content (AvgIpc) is 2.92. The van der Waals surface area contributed by atoms with Crippen LogP contribution in [0.15, 0.2) is 11.6 Å². The van der Waals surface area contributed by atoms with Gasteiger partial charge in [-0.2, -0.15) is 0 Å². The first-order valence-electron chi connectivity index (χ1n) is 10.9. The van der Waals surface area contributed by atoms with E-state index in [9.17, 15) is 18.4 Å². The van der Waals surface area contributed by atoms with Crippen molar-refractivity contribution in [1.82, 2.24) is 0 Å². The van der Waals surface area contributed by atoms with E-state index in [1.807, 2.05) is 6.92 Å². The number of rotatable bonds is 2. The zero-order valence-electron chi connectivity index (χ0n) is 17.5. The molecule has 0 amide bonds.